The van der Waals surface area contributed by atoms with Crippen molar-refractivity contribution < 1.29 is 9.47 Å². The van der Waals surface area contributed by atoms with Gasteiger partial charge in [-0.2, -0.15) is 0 Å². The highest BCUT2D eigenvalue weighted by atomic mass is 16.5. The van der Waals surface area contributed by atoms with Crippen LogP contribution in [0.3, 0.4) is 0 Å². The molecule has 0 amide bonds. The number of ether oxygens (including phenoxy) is 2. The van der Waals surface area contributed by atoms with Crippen LogP contribution in [0.4, 0.5) is 0 Å². The van der Waals surface area contributed by atoms with Crippen LogP contribution >= 0.6 is 0 Å². The summed E-state index contributed by atoms with van der Waals surface area (Å²) in [6.07, 6.45) is 3.48. The first-order chi connectivity index (χ1) is 15.3. The van der Waals surface area contributed by atoms with Gasteiger partial charge in [0.15, 0.2) is 5.65 Å². The molecule has 5 aromatic rings. The molecule has 2 aromatic carbocycles. The Hall–Kier alpha value is -4.19. The van der Waals surface area contributed by atoms with Gasteiger partial charge in [0.2, 0.25) is 0 Å². The van der Waals surface area contributed by atoms with E-state index in [1.165, 1.54) is 0 Å². The standard InChI is InChI=1S/C25H20N4O2/c1-2-7-18(8-3-1)16-30-20-11-12-21(24-28-22-10-6-14-27-25(22)29-24)23(15-20)31-17-19-9-4-5-13-26-19/h1-15H,16-17H2,(H,27,28,29). The Bertz CT molecular complexity index is 1250. The fraction of sp³-hybridized carbons (Fsp3) is 0.0800. The van der Waals surface area contributed by atoms with Gasteiger partial charge in [-0.3, -0.25) is 4.98 Å². The van der Waals surface area contributed by atoms with Crippen LogP contribution in [-0.2, 0) is 13.2 Å². The molecule has 0 fully saturated rings. The van der Waals surface area contributed by atoms with Crippen molar-refractivity contribution in [2.75, 3.05) is 0 Å². The summed E-state index contributed by atoms with van der Waals surface area (Å²) in [5.41, 5.74) is 4.32. The zero-order chi connectivity index (χ0) is 20.9. The minimum Gasteiger partial charge on any atom is -0.489 e. The van der Waals surface area contributed by atoms with E-state index in [0.29, 0.717) is 30.4 Å². The number of hydrogen-bond donors (Lipinski definition) is 1. The fourth-order valence-electron chi connectivity index (χ4n) is 3.26. The van der Waals surface area contributed by atoms with E-state index in [-0.39, 0.29) is 0 Å². The Morgan fingerprint density at radius 3 is 2.45 bits per heavy atom. The maximum Gasteiger partial charge on any atom is 0.178 e. The summed E-state index contributed by atoms with van der Waals surface area (Å²) in [5.74, 6) is 2.08. The van der Waals surface area contributed by atoms with Crippen LogP contribution in [0, 0.1) is 0 Å². The van der Waals surface area contributed by atoms with E-state index in [9.17, 15) is 0 Å². The molecule has 0 atom stereocenters. The maximum absolute atomic E-state index is 6.14. The molecule has 0 saturated heterocycles. The van der Waals surface area contributed by atoms with Crippen LogP contribution in [0.2, 0.25) is 0 Å². The van der Waals surface area contributed by atoms with Gasteiger partial charge < -0.3 is 14.5 Å². The molecule has 0 bridgehead atoms. The van der Waals surface area contributed by atoms with Gasteiger partial charge >= 0.3 is 0 Å². The van der Waals surface area contributed by atoms with E-state index in [4.69, 9.17) is 9.47 Å². The molecule has 5 rings (SSSR count). The molecule has 6 heteroatoms. The predicted molar refractivity (Wildman–Crippen MR) is 119 cm³/mol. The summed E-state index contributed by atoms with van der Waals surface area (Å²) >= 11 is 0. The number of aromatic amines is 1. The van der Waals surface area contributed by atoms with Crippen molar-refractivity contribution in [3.8, 4) is 22.9 Å². The molecule has 0 radical (unpaired) electrons. The van der Waals surface area contributed by atoms with Crippen molar-refractivity contribution in [1.82, 2.24) is 19.9 Å². The van der Waals surface area contributed by atoms with Crippen LogP contribution in [0.25, 0.3) is 22.6 Å². The zero-order valence-electron chi connectivity index (χ0n) is 16.7. The third-order valence-electron chi connectivity index (χ3n) is 4.82. The molecule has 0 aliphatic rings. The van der Waals surface area contributed by atoms with Crippen LogP contribution in [0.5, 0.6) is 11.5 Å². The van der Waals surface area contributed by atoms with Crippen LogP contribution in [0.1, 0.15) is 11.3 Å². The summed E-state index contributed by atoms with van der Waals surface area (Å²) in [5, 5.41) is 0. The van der Waals surface area contributed by atoms with Crippen LogP contribution in [0.15, 0.2) is 91.3 Å². The largest absolute Gasteiger partial charge is 0.489 e. The molecule has 0 aliphatic carbocycles. The van der Waals surface area contributed by atoms with Gasteiger partial charge in [-0.25, -0.2) is 9.97 Å². The van der Waals surface area contributed by atoms with E-state index in [1.807, 2.05) is 78.9 Å². The molecule has 152 valence electrons. The van der Waals surface area contributed by atoms with Gasteiger partial charge in [0.05, 0.1) is 16.8 Å². The summed E-state index contributed by atoms with van der Waals surface area (Å²) in [6.45, 7) is 0.822. The number of nitrogens with zero attached hydrogens (tertiary/aromatic N) is 3. The highest BCUT2D eigenvalue weighted by Crippen LogP contribution is 2.33. The predicted octanol–water partition coefficient (Wildman–Crippen LogP) is 5.18. The number of aromatic nitrogens is 4. The first kappa shape index (κ1) is 18.8. The number of rotatable bonds is 7. The van der Waals surface area contributed by atoms with E-state index in [1.54, 1.807) is 12.4 Å². The second kappa shape index (κ2) is 8.67. The number of hydrogen-bond acceptors (Lipinski definition) is 5. The second-order valence-corrected chi connectivity index (χ2v) is 7.00. The lowest BCUT2D eigenvalue weighted by atomic mass is 10.1. The third kappa shape index (κ3) is 4.38. The van der Waals surface area contributed by atoms with Crippen molar-refractivity contribution in [1.29, 1.82) is 0 Å². The SMILES string of the molecule is c1ccc(COc2ccc(-c3nc4ncccc4[nH]3)c(OCc3ccccn3)c2)cc1. The molecular weight excluding hydrogens is 388 g/mol. The molecular formula is C25H20N4O2. The summed E-state index contributed by atoms with van der Waals surface area (Å²) in [7, 11) is 0. The van der Waals surface area contributed by atoms with Gasteiger partial charge in [0.25, 0.3) is 0 Å². The Morgan fingerprint density at radius 1 is 0.742 bits per heavy atom. The lowest BCUT2D eigenvalue weighted by molar-refractivity contribution is 0.288. The first-order valence-corrected chi connectivity index (χ1v) is 10.00. The minimum atomic E-state index is 0.342. The van der Waals surface area contributed by atoms with Crippen molar-refractivity contribution in [3.05, 3.63) is 103 Å². The van der Waals surface area contributed by atoms with Gasteiger partial charge in [-0.1, -0.05) is 36.4 Å². The molecule has 0 saturated carbocycles. The number of fused-ring (bicyclic) bond motifs is 1. The highest BCUT2D eigenvalue weighted by molar-refractivity contribution is 5.77. The molecule has 1 N–H and O–H groups in total. The molecule has 3 heterocycles. The van der Waals surface area contributed by atoms with Gasteiger partial charge in [0, 0.05) is 18.5 Å². The van der Waals surface area contributed by atoms with E-state index >= 15 is 0 Å². The number of nitrogens with one attached hydrogen (secondary N) is 1. The molecule has 31 heavy (non-hydrogen) atoms. The van der Waals surface area contributed by atoms with E-state index in [0.717, 1.165) is 28.1 Å². The fourth-order valence-corrected chi connectivity index (χ4v) is 3.26. The first-order valence-electron chi connectivity index (χ1n) is 10.00. The molecule has 3 aromatic heterocycles. The molecule has 0 unspecified atom stereocenters. The Balaban J connectivity index is 1.45. The van der Waals surface area contributed by atoms with E-state index in [2.05, 4.69) is 19.9 Å². The Kier molecular flexibility index (Phi) is 5.26. The van der Waals surface area contributed by atoms with Gasteiger partial charge in [0.1, 0.15) is 30.5 Å². The monoisotopic (exact) mass is 408 g/mol. The summed E-state index contributed by atoms with van der Waals surface area (Å²) in [4.78, 5) is 16.6. The maximum atomic E-state index is 6.14. The number of pyridine rings is 2. The number of imidazole rings is 1. The van der Waals surface area contributed by atoms with Gasteiger partial charge in [-0.05, 0) is 42.0 Å². The smallest absolute Gasteiger partial charge is 0.178 e. The average molecular weight is 408 g/mol. The quantitative estimate of drug-likeness (QED) is 0.402. The van der Waals surface area contributed by atoms with Crippen molar-refractivity contribution >= 4 is 11.2 Å². The van der Waals surface area contributed by atoms with Crippen LogP contribution < -0.4 is 9.47 Å². The molecule has 0 aliphatic heterocycles. The Labute approximate surface area is 179 Å². The second-order valence-electron chi connectivity index (χ2n) is 7.00. The third-order valence-corrected chi connectivity index (χ3v) is 4.82. The van der Waals surface area contributed by atoms with Crippen molar-refractivity contribution in [3.63, 3.8) is 0 Å². The summed E-state index contributed by atoms with van der Waals surface area (Å²) in [6, 6.07) is 25.4. The minimum absolute atomic E-state index is 0.342. The summed E-state index contributed by atoms with van der Waals surface area (Å²) < 4.78 is 12.1. The molecule has 0 spiro atoms. The van der Waals surface area contributed by atoms with Crippen molar-refractivity contribution in [2.45, 2.75) is 13.2 Å². The zero-order valence-corrected chi connectivity index (χ0v) is 16.7. The Morgan fingerprint density at radius 2 is 1.61 bits per heavy atom. The van der Waals surface area contributed by atoms with E-state index < -0.39 is 0 Å². The lowest BCUT2D eigenvalue weighted by Crippen LogP contribution is -2.01. The number of H-pyrrole nitrogens is 1. The van der Waals surface area contributed by atoms with Crippen molar-refractivity contribution in [2.24, 2.45) is 0 Å². The molecule has 6 nitrogen and oxygen atoms in total. The number of benzene rings is 2. The highest BCUT2D eigenvalue weighted by Gasteiger charge is 2.14. The van der Waals surface area contributed by atoms with Crippen LogP contribution in [-0.4, -0.2) is 19.9 Å². The normalized spacial score (nSPS) is 10.8. The average Bonchev–Trinajstić information content (AvgIpc) is 3.27. The topological polar surface area (TPSA) is 72.9 Å². The lowest BCUT2D eigenvalue weighted by Gasteiger charge is -2.13. The van der Waals surface area contributed by atoms with Gasteiger partial charge in [-0.15, -0.1) is 0 Å².